The van der Waals surface area contributed by atoms with E-state index in [-0.39, 0.29) is 22.9 Å². The number of carbonyl (C=O) groups is 2. The van der Waals surface area contributed by atoms with Crippen molar-refractivity contribution >= 4 is 23.2 Å². The molecule has 176 valence electrons. The van der Waals surface area contributed by atoms with Crippen LogP contribution in [0.1, 0.15) is 57.1 Å². The predicted octanol–water partition coefficient (Wildman–Crippen LogP) is 2.98. The van der Waals surface area contributed by atoms with Gasteiger partial charge in [0.2, 0.25) is 0 Å². The molecule has 2 heterocycles. The SMILES string of the molecule is Cc1c(C(=O)NCCCn2ccnc2)oc2c1/C(=N/NC(=O)c1ccc([N+](=O)[O-])cc1)CCC2. The summed E-state index contributed by atoms with van der Waals surface area (Å²) in [5, 5.41) is 17.9. The molecule has 1 aromatic carbocycles. The molecule has 11 heteroatoms. The average molecular weight is 464 g/mol. The zero-order valence-corrected chi connectivity index (χ0v) is 18.6. The zero-order valence-electron chi connectivity index (χ0n) is 18.6. The van der Waals surface area contributed by atoms with Crippen LogP contribution in [0.2, 0.25) is 0 Å². The highest BCUT2D eigenvalue weighted by atomic mass is 16.6. The molecule has 4 rings (SSSR count). The van der Waals surface area contributed by atoms with Crippen LogP contribution in [0.25, 0.3) is 0 Å². The summed E-state index contributed by atoms with van der Waals surface area (Å²) < 4.78 is 7.82. The molecule has 2 N–H and O–H groups in total. The van der Waals surface area contributed by atoms with Crippen molar-refractivity contribution in [3.05, 3.63) is 81.3 Å². The van der Waals surface area contributed by atoms with E-state index in [0.29, 0.717) is 36.4 Å². The Morgan fingerprint density at radius 1 is 1.24 bits per heavy atom. The molecule has 2 amide bonds. The Morgan fingerprint density at radius 3 is 2.74 bits per heavy atom. The summed E-state index contributed by atoms with van der Waals surface area (Å²) in [6.07, 6.45) is 8.14. The maximum atomic E-state index is 12.7. The van der Waals surface area contributed by atoms with Gasteiger partial charge in [-0.05, 0) is 38.3 Å². The fourth-order valence-corrected chi connectivity index (χ4v) is 3.88. The van der Waals surface area contributed by atoms with Crippen LogP contribution in [0, 0.1) is 17.0 Å². The lowest BCUT2D eigenvalue weighted by Crippen LogP contribution is -2.25. The highest BCUT2D eigenvalue weighted by molar-refractivity contribution is 6.07. The monoisotopic (exact) mass is 464 g/mol. The summed E-state index contributed by atoms with van der Waals surface area (Å²) in [6, 6.07) is 5.28. The van der Waals surface area contributed by atoms with Crippen molar-refractivity contribution in [1.82, 2.24) is 20.3 Å². The number of hydrazone groups is 1. The summed E-state index contributed by atoms with van der Waals surface area (Å²) in [5.74, 6) is 0.165. The number of carbonyl (C=O) groups excluding carboxylic acids is 2. The molecule has 11 nitrogen and oxygen atoms in total. The standard InChI is InChI=1S/C23H24N6O5/c1-15-20-18(26-27-22(30)16-6-8-17(9-7-16)29(32)33)4-2-5-19(20)34-21(15)23(31)25-10-3-12-28-13-11-24-14-28/h6-9,11,13-14H,2-5,10,12H2,1H3,(H,25,31)(H,27,30)/b26-18+. The summed E-state index contributed by atoms with van der Waals surface area (Å²) in [4.78, 5) is 39.4. The lowest BCUT2D eigenvalue weighted by Gasteiger charge is -2.13. The maximum Gasteiger partial charge on any atom is 0.287 e. The number of aryl methyl sites for hydroxylation is 2. The second kappa shape index (κ2) is 10.1. The molecule has 0 unspecified atom stereocenters. The first-order valence-corrected chi connectivity index (χ1v) is 10.9. The molecular formula is C23H24N6O5. The Hall–Kier alpha value is -4.28. The number of benzene rings is 1. The molecule has 0 fully saturated rings. The van der Waals surface area contributed by atoms with Crippen molar-refractivity contribution < 1.29 is 18.9 Å². The number of hydrogen-bond donors (Lipinski definition) is 2. The van der Waals surface area contributed by atoms with Gasteiger partial charge in [-0.3, -0.25) is 19.7 Å². The molecule has 1 aliphatic carbocycles. The molecule has 0 radical (unpaired) electrons. The Labute approximate surface area is 195 Å². The fourth-order valence-electron chi connectivity index (χ4n) is 3.88. The van der Waals surface area contributed by atoms with E-state index in [1.54, 1.807) is 12.5 Å². The highest BCUT2D eigenvalue weighted by Gasteiger charge is 2.28. The van der Waals surface area contributed by atoms with Crippen molar-refractivity contribution in [1.29, 1.82) is 0 Å². The van der Waals surface area contributed by atoms with Gasteiger partial charge in [0.1, 0.15) is 5.76 Å². The van der Waals surface area contributed by atoms with Gasteiger partial charge in [-0.25, -0.2) is 10.4 Å². The average Bonchev–Trinajstić information content (AvgIpc) is 3.48. The van der Waals surface area contributed by atoms with Crippen LogP contribution < -0.4 is 10.7 Å². The predicted molar refractivity (Wildman–Crippen MR) is 123 cm³/mol. The van der Waals surface area contributed by atoms with Crippen LogP contribution in [0.4, 0.5) is 5.69 Å². The first-order chi connectivity index (χ1) is 16.4. The first kappa shape index (κ1) is 22.9. The van der Waals surface area contributed by atoms with Gasteiger partial charge in [-0.15, -0.1) is 0 Å². The maximum absolute atomic E-state index is 12.7. The van der Waals surface area contributed by atoms with Crippen molar-refractivity contribution in [2.24, 2.45) is 5.10 Å². The van der Waals surface area contributed by atoms with E-state index in [1.807, 2.05) is 17.7 Å². The smallest absolute Gasteiger partial charge is 0.287 e. The molecule has 0 saturated heterocycles. The Bertz CT molecular complexity index is 1230. The largest absolute Gasteiger partial charge is 0.455 e. The fraction of sp³-hybridized carbons (Fsp3) is 0.304. The van der Waals surface area contributed by atoms with E-state index < -0.39 is 10.8 Å². The molecule has 1 aliphatic rings. The van der Waals surface area contributed by atoms with E-state index in [1.165, 1.54) is 24.3 Å². The minimum absolute atomic E-state index is 0.0960. The number of hydrogen-bond acceptors (Lipinski definition) is 7. The molecule has 0 bridgehead atoms. The van der Waals surface area contributed by atoms with Crippen LogP contribution in [0.15, 0.2) is 52.5 Å². The number of imidazole rings is 1. The number of fused-ring (bicyclic) bond motifs is 1. The zero-order chi connectivity index (χ0) is 24.1. The molecule has 0 aliphatic heterocycles. The molecular weight excluding hydrogens is 440 g/mol. The Kier molecular flexibility index (Phi) is 6.81. The number of furan rings is 1. The van der Waals surface area contributed by atoms with Gasteiger partial charge in [0.05, 0.1) is 17.0 Å². The van der Waals surface area contributed by atoms with Gasteiger partial charge < -0.3 is 14.3 Å². The van der Waals surface area contributed by atoms with Gasteiger partial charge in [0, 0.05) is 60.7 Å². The second-order valence-electron chi connectivity index (χ2n) is 7.92. The number of nitrogens with one attached hydrogen (secondary N) is 2. The third kappa shape index (κ3) is 5.03. The van der Waals surface area contributed by atoms with Gasteiger partial charge in [0.15, 0.2) is 5.76 Å². The van der Waals surface area contributed by atoms with E-state index in [9.17, 15) is 19.7 Å². The molecule has 34 heavy (non-hydrogen) atoms. The van der Waals surface area contributed by atoms with Crippen LogP contribution in [0.3, 0.4) is 0 Å². The number of nitrogens with zero attached hydrogens (tertiary/aromatic N) is 4. The molecule has 0 atom stereocenters. The minimum Gasteiger partial charge on any atom is -0.455 e. The molecule has 0 saturated carbocycles. The van der Waals surface area contributed by atoms with Crippen molar-refractivity contribution in [2.45, 2.75) is 39.2 Å². The Balaban J connectivity index is 1.42. The van der Waals surface area contributed by atoms with Crippen molar-refractivity contribution in [3.63, 3.8) is 0 Å². The van der Waals surface area contributed by atoms with Gasteiger partial charge in [-0.2, -0.15) is 5.10 Å². The topological polar surface area (TPSA) is 145 Å². The van der Waals surface area contributed by atoms with Gasteiger partial charge in [-0.1, -0.05) is 0 Å². The quantitative estimate of drug-likeness (QED) is 0.298. The lowest BCUT2D eigenvalue weighted by atomic mass is 9.93. The van der Waals surface area contributed by atoms with E-state index in [4.69, 9.17) is 4.42 Å². The third-order valence-electron chi connectivity index (χ3n) is 5.60. The number of nitro benzene ring substituents is 1. The molecule has 2 aromatic heterocycles. The van der Waals surface area contributed by atoms with Crippen molar-refractivity contribution in [2.75, 3.05) is 6.54 Å². The van der Waals surface area contributed by atoms with Crippen LogP contribution in [0.5, 0.6) is 0 Å². The normalized spacial score (nSPS) is 14.0. The summed E-state index contributed by atoms with van der Waals surface area (Å²) >= 11 is 0. The summed E-state index contributed by atoms with van der Waals surface area (Å²) in [5.41, 5.74) is 4.74. The lowest BCUT2D eigenvalue weighted by molar-refractivity contribution is -0.384. The minimum atomic E-state index is -0.527. The van der Waals surface area contributed by atoms with E-state index in [0.717, 1.165) is 24.9 Å². The number of nitro groups is 1. The Morgan fingerprint density at radius 2 is 2.03 bits per heavy atom. The molecule has 3 aromatic rings. The molecule has 0 spiro atoms. The van der Waals surface area contributed by atoms with Crippen LogP contribution in [-0.2, 0) is 13.0 Å². The number of non-ortho nitro benzene ring substituents is 1. The highest BCUT2D eigenvalue weighted by Crippen LogP contribution is 2.29. The third-order valence-corrected chi connectivity index (χ3v) is 5.60. The second-order valence-corrected chi connectivity index (χ2v) is 7.92. The van der Waals surface area contributed by atoms with Crippen molar-refractivity contribution in [3.8, 4) is 0 Å². The summed E-state index contributed by atoms with van der Waals surface area (Å²) in [6.45, 7) is 3.05. The van der Waals surface area contributed by atoms with Crippen LogP contribution in [-0.4, -0.2) is 38.5 Å². The van der Waals surface area contributed by atoms with Crippen LogP contribution >= 0.6 is 0 Å². The first-order valence-electron chi connectivity index (χ1n) is 10.9. The number of amides is 2. The van der Waals surface area contributed by atoms with E-state index >= 15 is 0 Å². The van der Waals surface area contributed by atoms with Gasteiger partial charge >= 0.3 is 0 Å². The van der Waals surface area contributed by atoms with E-state index in [2.05, 4.69) is 20.8 Å². The number of rotatable bonds is 8. The summed E-state index contributed by atoms with van der Waals surface area (Å²) in [7, 11) is 0. The number of aromatic nitrogens is 2. The van der Waals surface area contributed by atoms with Gasteiger partial charge in [0.25, 0.3) is 17.5 Å².